The number of carboxylic acid groups (broad SMARTS) is 1. The fourth-order valence-electron chi connectivity index (χ4n) is 1.06. The molecule has 0 aliphatic heterocycles. The Balaban J connectivity index is 2.86. The van der Waals surface area contributed by atoms with E-state index in [2.05, 4.69) is 10.1 Å². The van der Waals surface area contributed by atoms with Crippen molar-refractivity contribution in [2.75, 3.05) is 0 Å². The molecule has 7 heteroatoms. The van der Waals surface area contributed by atoms with E-state index in [-0.39, 0.29) is 16.0 Å². The van der Waals surface area contributed by atoms with Gasteiger partial charge in [0.15, 0.2) is 16.5 Å². The summed E-state index contributed by atoms with van der Waals surface area (Å²) in [5.41, 5.74) is 0.154. The second kappa shape index (κ2) is 3.11. The Hall–Kier alpha value is -1.33. The molecule has 0 bridgehead atoms. The maximum atomic E-state index is 10.8. The molecular formula is C7H3Cl2N3O2. The van der Waals surface area contributed by atoms with Crippen LogP contribution in [0, 0.1) is 0 Å². The maximum Gasteiger partial charge on any atom is 0.357 e. The highest BCUT2D eigenvalue weighted by atomic mass is 35.5. The van der Waals surface area contributed by atoms with Crippen LogP contribution in [0.1, 0.15) is 10.5 Å². The van der Waals surface area contributed by atoms with Crippen molar-refractivity contribution in [3.05, 3.63) is 28.1 Å². The molecule has 0 atom stereocenters. The summed E-state index contributed by atoms with van der Waals surface area (Å²) in [6.45, 7) is 0. The zero-order valence-corrected chi connectivity index (χ0v) is 8.12. The molecule has 0 fully saturated rings. The van der Waals surface area contributed by atoms with Crippen LogP contribution in [0.2, 0.25) is 10.3 Å². The van der Waals surface area contributed by atoms with Crippen molar-refractivity contribution in [2.24, 2.45) is 0 Å². The molecule has 0 saturated heterocycles. The molecule has 5 nitrogen and oxygen atoms in total. The van der Waals surface area contributed by atoms with Gasteiger partial charge in [-0.1, -0.05) is 23.2 Å². The van der Waals surface area contributed by atoms with Gasteiger partial charge >= 0.3 is 5.97 Å². The monoisotopic (exact) mass is 231 g/mol. The lowest BCUT2D eigenvalue weighted by molar-refractivity contribution is 0.0688. The number of carbonyl (C=O) groups is 1. The third-order valence-corrected chi connectivity index (χ3v) is 2.07. The zero-order valence-electron chi connectivity index (χ0n) is 6.61. The van der Waals surface area contributed by atoms with Crippen molar-refractivity contribution in [3.8, 4) is 0 Å². The number of carboxylic acids is 1. The van der Waals surface area contributed by atoms with Crippen LogP contribution in [0.15, 0.2) is 12.1 Å². The largest absolute Gasteiger partial charge is 0.476 e. The normalized spacial score (nSPS) is 10.7. The predicted octanol–water partition coefficient (Wildman–Crippen LogP) is 1.73. The Labute approximate surface area is 87.9 Å². The summed E-state index contributed by atoms with van der Waals surface area (Å²) in [7, 11) is 0. The third-order valence-electron chi connectivity index (χ3n) is 1.60. The van der Waals surface area contributed by atoms with Crippen molar-refractivity contribution in [1.29, 1.82) is 0 Å². The van der Waals surface area contributed by atoms with Gasteiger partial charge in [0, 0.05) is 0 Å². The first-order chi connectivity index (χ1) is 6.59. The van der Waals surface area contributed by atoms with Gasteiger partial charge in [-0.05, 0) is 12.1 Å². The molecule has 0 aliphatic rings. The van der Waals surface area contributed by atoms with E-state index in [0.29, 0.717) is 5.65 Å². The molecule has 0 amide bonds. The van der Waals surface area contributed by atoms with Crippen LogP contribution in [-0.2, 0) is 0 Å². The van der Waals surface area contributed by atoms with E-state index in [1.165, 1.54) is 12.1 Å². The van der Waals surface area contributed by atoms with Gasteiger partial charge in [-0.2, -0.15) is 5.10 Å². The SMILES string of the molecule is O=C(O)c1c(Cl)nc2ccc(Cl)nn12. The minimum absolute atomic E-state index is 0.104. The van der Waals surface area contributed by atoms with Crippen LogP contribution in [-0.4, -0.2) is 25.7 Å². The highest BCUT2D eigenvalue weighted by Gasteiger charge is 2.17. The highest BCUT2D eigenvalue weighted by Crippen LogP contribution is 2.17. The van der Waals surface area contributed by atoms with Crippen molar-refractivity contribution < 1.29 is 9.90 Å². The molecule has 72 valence electrons. The number of hydrogen-bond acceptors (Lipinski definition) is 3. The molecule has 0 aliphatic carbocycles. The Morgan fingerprint density at radius 1 is 1.43 bits per heavy atom. The van der Waals surface area contributed by atoms with Gasteiger partial charge in [0.25, 0.3) is 0 Å². The molecule has 14 heavy (non-hydrogen) atoms. The topological polar surface area (TPSA) is 67.5 Å². The molecule has 2 aromatic rings. The lowest BCUT2D eigenvalue weighted by atomic mass is 10.5. The van der Waals surface area contributed by atoms with Crippen LogP contribution in [0.25, 0.3) is 5.65 Å². The van der Waals surface area contributed by atoms with E-state index in [4.69, 9.17) is 28.3 Å². The molecule has 0 spiro atoms. The second-order valence-electron chi connectivity index (χ2n) is 2.48. The summed E-state index contributed by atoms with van der Waals surface area (Å²) in [5, 5.41) is 12.7. The van der Waals surface area contributed by atoms with Crippen molar-refractivity contribution in [2.45, 2.75) is 0 Å². The number of fused-ring (bicyclic) bond motifs is 1. The number of rotatable bonds is 1. The number of nitrogens with zero attached hydrogens (tertiary/aromatic N) is 3. The summed E-state index contributed by atoms with van der Waals surface area (Å²) in [5.74, 6) is -1.20. The van der Waals surface area contributed by atoms with Gasteiger partial charge in [-0.15, -0.1) is 0 Å². The van der Waals surface area contributed by atoms with Crippen molar-refractivity contribution in [3.63, 3.8) is 0 Å². The molecule has 0 radical (unpaired) electrons. The summed E-state index contributed by atoms with van der Waals surface area (Å²) >= 11 is 11.2. The van der Waals surface area contributed by atoms with Gasteiger partial charge < -0.3 is 5.11 Å². The summed E-state index contributed by atoms with van der Waals surface area (Å²) in [6.07, 6.45) is 0. The Kier molecular flexibility index (Phi) is 2.05. The van der Waals surface area contributed by atoms with Gasteiger partial charge in [0.05, 0.1) is 0 Å². The smallest absolute Gasteiger partial charge is 0.357 e. The number of hydrogen-bond donors (Lipinski definition) is 1. The molecule has 2 aromatic heterocycles. The van der Waals surface area contributed by atoms with E-state index in [1.54, 1.807) is 0 Å². The number of imidazole rings is 1. The second-order valence-corrected chi connectivity index (χ2v) is 3.23. The highest BCUT2D eigenvalue weighted by molar-refractivity contribution is 6.32. The average molecular weight is 232 g/mol. The van der Waals surface area contributed by atoms with Gasteiger partial charge in [0.2, 0.25) is 0 Å². The van der Waals surface area contributed by atoms with E-state index >= 15 is 0 Å². The van der Waals surface area contributed by atoms with Gasteiger partial charge in [0.1, 0.15) is 5.15 Å². The van der Waals surface area contributed by atoms with E-state index in [0.717, 1.165) is 4.52 Å². The molecule has 0 unspecified atom stereocenters. The lowest BCUT2D eigenvalue weighted by Gasteiger charge is -1.95. The minimum atomic E-state index is -1.20. The standard InChI is InChI=1S/C7H3Cl2N3O2/c8-3-1-2-4-10-6(9)5(7(13)14)12(4)11-3/h1-2H,(H,13,14). The first-order valence-corrected chi connectivity index (χ1v) is 4.29. The number of aromatic nitrogens is 3. The first-order valence-electron chi connectivity index (χ1n) is 3.53. The van der Waals surface area contributed by atoms with Crippen LogP contribution < -0.4 is 0 Å². The van der Waals surface area contributed by atoms with E-state index in [9.17, 15) is 4.79 Å². The van der Waals surface area contributed by atoms with E-state index in [1.807, 2.05) is 0 Å². The van der Waals surface area contributed by atoms with Gasteiger partial charge in [-0.25, -0.2) is 14.3 Å². The zero-order chi connectivity index (χ0) is 10.3. The third kappa shape index (κ3) is 1.30. The van der Waals surface area contributed by atoms with Gasteiger partial charge in [-0.3, -0.25) is 0 Å². The Morgan fingerprint density at radius 3 is 2.79 bits per heavy atom. The van der Waals surface area contributed by atoms with Crippen LogP contribution in [0.3, 0.4) is 0 Å². The van der Waals surface area contributed by atoms with Crippen molar-refractivity contribution >= 4 is 34.8 Å². The Morgan fingerprint density at radius 2 is 2.14 bits per heavy atom. The average Bonchev–Trinajstić information content (AvgIpc) is 2.40. The maximum absolute atomic E-state index is 10.8. The number of halogens is 2. The van der Waals surface area contributed by atoms with Crippen LogP contribution >= 0.6 is 23.2 Å². The number of aromatic carboxylic acids is 1. The fraction of sp³-hybridized carbons (Fsp3) is 0. The molecule has 2 rings (SSSR count). The molecule has 2 heterocycles. The fourth-order valence-corrected chi connectivity index (χ4v) is 1.45. The van der Waals surface area contributed by atoms with E-state index < -0.39 is 5.97 Å². The first kappa shape index (κ1) is 9.23. The minimum Gasteiger partial charge on any atom is -0.476 e. The summed E-state index contributed by atoms with van der Waals surface area (Å²) < 4.78 is 1.09. The molecule has 0 saturated carbocycles. The lowest BCUT2D eigenvalue weighted by Crippen LogP contribution is -2.04. The Bertz CT molecular complexity index is 523. The molecular weight excluding hydrogens is 229 g/mol. The van der Waals surface area contributed by atoms with Crippen molar-refractivity contribution in [1.82, 2.24) is 14.6 Å². The summed E-state index contributed by atoms with van der Waals surface area (Å²) in [6, 6.07) is 3.04. The molecule has 0 aromatic carbocycles. The molecule has 1 N–H and O–H groups in total. The van der Waals surface area contributed by atoms with Crippen LogP contribution in [0.5, 0.6) is 0 Å². The quantitative estimate of drug-likeness (QED) is 0.812. The van der Waals surface area contributed by atoms with Crippen LogP contribution in [0.4, 0.5) is 0 Å². The summed E-state index contributed by atoms with van der Waals surface area (Å²) in [4.78, 5) is 14.6. The predicted molar refractivity (Wildman–Crippen MR) is 50.0 cm³/mol.